The summed E-state index contributed by atoms with van der Waals surface area (Å²) >= 11 is 0. The summed E-state index contributed by atoms with van der Waals surface area (Å²) < 4.78 is 14.9. The predicted octanol–water partition coefficient (Wildman–Crippen LogP) is 2.60. The average molecular weight is 336 g/mol. The van der Waals surface area contributed by atoms with Crippen LogP contribution in [0.2, 0.25) is 0 Å². The Morgan fingerprint density at radius 1 is 1.24 bits per heavy atom. The van der Waals surface area contributed by atoms with E-state index in [1.165, 1.54) is 12.1 Å². The topological polar surface area (TPSA) is 95.6 Å². The van der Waals surface area contributed by atoms with Gasteiger partial charge in [-0.2, -0.15) is 5.26 Å². The van der Waals surface area contributed by atoms with E-state index in [1.807, 2.05) is 36.4 Å². The van der Waals surface area contributed by atoms with Crippen LogP contribution in [0, 0.1) is 17.1 Å². The van der Waals surface area contributed by atoms with Crippen LogP contribution in [0.4, 0.5) is 14.9 Å². The molecule has 25 heavy (non-hydrogen) atoms. The number of para-hydroxylation sites is 1. The molecular formula is C17H13FN6O. The van der Waals surface area contributed by atoms with Gasteiger partial charge in [0, 0.05) is 5.69 Å². The maximum Gasteiger partial charge on any atom is 0.319 e. The molecule has 0 saturated heterocycles. The van der Waals surface area contributed by atoms with Crippen molar-refractivity contribution in [3.05, 3.63) is 72.1 Å². The highest BCUT2D eigenvalue weighted by atomic mass is 19.1. The fourth-order valence-corrected chi connectivity index (χ4v) is 2.23. The molecule has 8 heteroatoms. The van der Waals surface area contributed by atoms with Crippen LogP contribution in [-0.2, 0) is 6.54 Å². The molecule has 2 aromatic carbocycles. The number of hydrogen-bond acceptors (Lipinski definition) is 4. The van der Waals surface area contributed by atoms with Gasteiger partial charge in [0.05, 0.1) is 17.8 Å². The highest BCUT2D eigenvalue weighted by Gasteiger charge is 2.10. The molecule has 0 saturated carbocycles. The van der Waals surface area contributed by atoms with Gasteiger partial charge in [0.15, 0.2) is 5.82 Å². The third-order valence-corrected chi connectivity index (χ3v) is 3.41. The van der Waals surface area contributed by atoms with Crippen molar-refractivity contribution in [3.63, 3.8) is 0 Å². The summed E-state index contributed by atoms with van der Waals surface area (Å²) in [6.45, 7) is 0.129. The second-order valence-electron chi connectivity index (χ2n) is 5.06. The Morgan fingerprint density at radius 3 is 2.80 bits per heavy atom. The van der Waals surface area contributed by atoms with E-state index in [0.717, 1.165) is 11.8 Å². The molecule has 0 aliphatic carbocycles. The maximum atomic E-state index is 13.1. The molecule has 0 aliphatic rings. The summed E-state index contributed by atoms with van der Waals surface area (Å²) in [5, 5.41) is 22.0. The van der Waals surface area contributed by atoms with E-state index in [1.54, 1.807) is 10.9 Å². The predicted molar refractivity (Wildman–Crippen MR) is 88.3 cm³/mol. The normalized spacial score (nSPS) is 10.1. The molecule has 0 bridgehead atoms. The van der Waals surface area contributed by atoms with Crippen molar-refractivity contribution in [2.24, 2.45) is 0 Å². The molecule has 1 heterocycles. The first-order valence-corrected chi connectivity index (χ1v) is 7.36. The van der Waals surface area contributed by atoms with E-state index in [0.29, 0.717) is 5.82 Å². The van der Waals surface area contributed by atoms with Crippen molar-refractivity contribution in [2.45, 2.75) is 6.54 Å². The standard InChI is InChI=1S/C17H13FN6O/c18-13-6-7-15(12(8-13)9-19)22-17(25)20-10-16-23-21-11-24(16)14-4-2-1-3-5-14/h1-8,11H,10H2,(H2,20,22,25). The summed E-state index contributed by atoms with van der Waals surface area (Å²) in [5.41, 5.74) is 1.14. The molecular weight excluding hydrogens is 323 g/mol. The lowest BCUT2D eigenvalue weighted by Crippen LogP contribution is -2.29. The molecule has 124 valence electrons. The molecule has 0 radical (unpaired) electrons. The van der Waals surface area contributed by atoms with Crippen LogP contribution < -0.4 is 10.6 Å². The number of carbonyl (C=O) groups is 1. The van der Waals surface area contributed by atoms with Crippen LogP contribution in [0.3, 0.4) is 0 Å². The third-order valence-electron chi connectivity index (χ3n) is 3.41. The van der Waals surface area contributed by atoms with Crippen molar-refractivity contribution < 1.29 is 9.18 Å². The van der Waals surface area contributed by atoms with Crippen LogP contribution in [0.25, 0.3) is 5.69 Å². The number of anilines is 1. The Hall–Kier alpha value is -3.73. The van der Waals surface area contributed by atoms with Crippen molar-refractivity contribution in [2.75, 3.05) is 5.32 Å². The van der Waals surface area contributed by atoms with Crippen LogP contribution in [0.1, 0.15) is 11.4 Å². The Bertz CT molecular complexity index is 932. The minimum atomic E-state index is -0.543. The zero-order chi connectivity index (χ0) is 17.6. The average Bonchev–Trinajstić information content (AvgIpc) is 3.11. The summed E-state index contributed by atoms with van der Waals surface area (Å²) in [6.07, 6.45) is 1.55. The Morgan fingerprint density at radius 2 is 2.04 bits per heavy atom. The van der Waals surface area contributed by atoms with Crippen LogP contribution in [0.5, 0.6) is 0 Å². The molecule has 1 aromatic heterocycles. The number of nitrogens with one attached hydrogen (secondary N) is 2. The molecule has 2 N–H and O–H groups in total. The number of urea groups is 1. The molecule has 0 atom stereocenters. The SMILES string of the molecule is N#Cc1cc(F)ccc1NC(=O)NCc1nncn1-c1ccccc1. The van der Waals surface area contributed by atoms with Gasteiger partial charge in [-0.25, -0.2) is 9.18 Å². The van der Waals surface area contributed by atoms with E-state index < -0.39 is 11.8 Å². The number of nitrogens with zero attached hydrogens (tertiary/aromatic N) is 4. The van der Waals surface area contributed by atoms with E-state index in [9.17, 15) is 9.18 Å². The Balaban J connectivity index is 1.66. The number of amides is 2. The number of halogens is 1. The molecule has 0 unspecified atom stereocenters. The molecule has 7 nitrogen and oxygen atoms in total. The lowest BCUT2D eigenvalue weighted by atomic mass is 10.2. The number of hydrogen-bond donors (Lipinski definition) is 2. The van der Waals surface area contributed by atoms with Gasteiger partial charge in [-0.3, -0.25) is 4.57 Å². The number of benzene rings is 2. The number of nitriles is 1. The summed E-state index contributed by atoms with van der Waals surface area (Å²) in [6, 6.07) is 14.3. The first kappa shape index (κ1) is 16.1. The van der Waals surface area contributed by atoms with Crippen molar-refractivity contribution in [3.8, 4) is 11.8 Å². The summed E-state index contributed by atoms with van der Waals surface area (Å²) in [4.78, 5) is 12.0. The fraction of sp³-hybridized carbons (Fsp3) is 0.0588. The van der Waals surface area contributed by atoms with E-state index in [-0.39, 0.29) is 17.8 Å². The van der Waals surface area contributed by atoms with Crippen molar-refractivity contribution in [1.82, 2.24) is 20.1 Å². The lowest BCUT2D eigenvalue weighted by Gasteiger charge is -2.10. The first-order valence-electron chi connectivity index (χ1n) is 7.36. The monoisotopic (exact) mass is 336 g/mol. The fourth-order valence-electron chi connectivity index (χ4n) is 2.23. The summed E-state index contributed by atoms with van der Waals surface area (Å²) in [5.74, 6) is -0.000524. The van der Waals surface area contributed by atoms with Gasteiger partial charge in [0.2, 0.25) is 0 Å². The van der Waals surface area contributed by atoms with Gasteiger partial charge in [-0.1, -0.05) is 18.2 Å². The van der Waals surface area contributed by atoms with Crippen LogP contribution >= 0.6 is 0 Å². The minimum absolute atomic E-state index is 0.0441. The van der Waals surface area contributed by atoms with Gasteiger partial charge >= 0.3 is 6.03 Å². The third kappa shape index (κ3) is 3.79. The van der Waals surface area contributed by atoms with Crippen molar-refractivity contribution >= 4 is 11.7 Å². The van der Waals surface area contributed by atoms with E-state index in [2.05, 4.69) is 20.8 Å². The molecule has 0 fully saturated rings. The highest BCUT2D eigenvalue weighted by molar-refractivity contribution is 5.90. The maximum absolute atomic E-state index is 13.1. The molecule has 0 spiro atoms. The second kappa shape index (κ2) is 7.23. The van der Waals surface area contributed by atoms with E-state index in [4.69, 9.17) is 5.26 Å². The van der Waals surface area contributed by atoms with Gasteiger partial charge in [-0.15, -0.1) is 10.2 Å². The number of aromatic nitrogens is 3. The zero-order valence-electron chi connectivity index (χ0n) is 13.0. The smallest absolute Gasteiger partial charge is 0.319 e. The molecule has 0 aliphatic heterocycles. The van der Waals surface area contributed by atoms with E-state index >= 15 is 0 Å². The lowest BCUT2D eigenvalue weighted by molar-refractivity contribution is 0.251. The van der Waals surface area contributed by atoms with Gasteiger partial charge in [0.25, 0.3) is 0 Å². The second-order valence-corrected chi connectivity index (χ2v) is 5.06. The molecule has 2 amide bonds. The summed E-state index contributed by atoms with van der Waals surface area (Å²) in [7, 11) is 0. The Labute approximate surface area is 142 Å². The van der Waals surface area contributed by atoms with Crippen LogP contribution in [-0.4, -0.2) is 20.8 Å². The minimum Gasteiger partial charge on any atom is -0.331 e. The molecule has 3 aromatic rings. The number of carbonyl (C=O) groups excluding carboxylic acids is 1. The van der Waals surface area contributed by atoms with Crippen molar-refractivity contribution in [1.29, 1.82) is 5.26 Å². The van der Waals surface area contributed by atoms with Crippen LogP contribution in [0.15, 0.2) is 54.9 Å². The van der Waals surface area contributed by atoms with Gasteiger partial charge < -0.3 is 10.6 Å². The largest absolute Gasteiger partial charge is 0.331 e. The Kier molecular flexibility index (Phi) is 4.67. The van der Waals surface area contributed by atoms with Gasteiger partial charge in [-0.05, 0) is 30.3 Å². The first-order chi connectivity index (χ1) is 12.2. The molecule has 3 rings (SSSR count). The number of rotatable bonds is 4. The highest BCUT2D eigenvalue weighted by Crippen LogP contribution is 2.16. The van der Waals surface area contributed by atoms with Gasteiger partial charge in [0.1, 0.15) is 18.2 Å². The quantitative estimate of drug-likeness (QED) is 0.765. The zero-order valence-corrected chi connectivity index (χ0v) is 13.0.